The molecule has 4 aromatic rings. The van der Waals surface area contributed by atoms with Crippen LogP contribution in [0.25, 0.3) is 16.9 Å². The lowest BCUT2D eigenvalue weighted by atomic mass is 9.91. The summed E-state index contributed by atoms with van der Waals surface area (Å²) in [6.45, 7) is 6.45. The van der Waals surface area contributed by atoms with Crippen LogP contribution in [0.1, 0.15) is 54.1 Å². The summed E-state index contributed by atoms with van der Waals surface area (Å²) in [5.74, 6) is -0.659. The number of aromatic carboxylic acids is 1. The molecule has 2 aromatic carbocycles. The van der Waals surface area contributed by atoms with Crippen LogP contribution in [-0.2, 0) is 0 Å². The van der Waals surface area contributed by atoms with Gasteiger partial charge >= 0.3 is 5.97 Å². The Morgan fingerprint density at radius 1 is 1.09 bits per heavy atom. The van der Waals surface area contributed by atoms with Gasteiger partial charge in [-0.1, -0.05) is 32.9 Å². The van der Waals surface area contributed by atoms with Gasteiger partial charge in [-0.25, -0.2) is 14.3 Å². The van der Waals surface area contributed by atoms with E-state index in [4.69, 9.17) is 4.74 Å². The summed E-state index contributed by atoms with van der Waals surface area (Å²) >= 11 is 0. The average Bonchev–Trinajstić information content (AvgIpc) is 3.20. The number of hydrogen-bond acceptors (Lipinski definition) is 4. The highest BCUT2D eigenvalue weighted by Crippen LogP contribution is 2.27. The number of rotatable bonds is 7. The molecular weight excluding hydrogens is 409 g/mol. The smallest absolute Gasteiger partial charge is 0.335 e. The van der Waals surface area contributed by atoms with E-state index in [1.807, 2.05) is 43.3 Å². The van der Waals surface area contributed by atoms with Crippen LogP contribution in [0.4, 0.5) is 4.39 Å². The van der Waals surface area contributed by atoms with E-state index >= 15 is 0 Å². The molecule has 0 aliphatic heterocycles. The fourth-order valence-corrected chi connectivity index (χ4v) is 3.62. The SMILES string of the molecule is CC(C)c1ccc(C(=O)O)c([C@@H](C)COc2ccc(-c3cnc4ccc(F)nn34)cc2)c1. The second-order valence-corrected chi connectivity index (χ2v) is 8.11. The van der Waals surface area contributed by atoms with Crippen molar-refractivity contribution in [2.75, 3.05) is 6.61 Å². The Bertz CT molecular complexity index is 1270. The lowest BCUT2D eigenvalue weighted by Gasteiger charge is -2.18. The zero-order chi connectivity index (χ0) is 22.8. The third kappa shape index (κ3) is 4.32. The number of nitrogens with zero attached hydrogens (tertiary/aromatic N) is 3. The molecule has 0 aliphatic rings. The molecule has 2 aromatic heterocycles. The van der Waals surface area contributed by atoms with Crippen molar-refractivity contribution in [1.82, 2.24) is 14.6 Å². The van der Waals surface area contributed by atoms with Gasteiger partial charge < -0.3 is 9.84 Å². The monoisotopic (exact) mass is 433 g/mol. The third-order valence-electron chi connectivity index (χ3n) is 5.48. The molecule has 6 nitrogen and oxygen atoms in total. The molecule has 0 bridgehead atoms. The molecule has 32 heavy (non-hydrogen) atoms. The van der Waals surface area contributed by atoms with Crippen molar-refractivity contribution in [3.8, 4) is 17.0 Å². The van der Waals surface area contributed by atoms with E-state index < -0.39 is 11.9 Å². The first-order chi connectivity index (χ1) is 15.3. The highest BCUT2D eigenvalue weighted by Gasteiger charge is 2.18. The van der Waals surface area contributed by atoms with Crippen LogP contribution in [0.15, 0.2) is 60.8 Å². The first-order valence-corrected chi connectivity index (χ1v) is 10.4. The molecule has 7 heteroatoms. The first kappa shape index (κ1) is 21.5. The average molecular weight is 433 g/mol. The molecule has 0 aliphatic carbocycles. The van der Waals surface area contributed by atoms with Crippen molar-refractivity contribution in [3.05, 3.63) is 83.4 Å². The van der Waals surface area contributed by atoms with E-state index in [0.29, 0.717) is 35.2 Å². The van der Waals surface area contributed by atoms with Crippen LogP contribution in [-0.4, -0.2) is 32.3 Å². The standard InChI is InChI=1S/C25H24FN3O3/c1-15(2)18-6-9-20(25(30)31)21(12-18)16(3)14-32-19-7-4-17(5-8-19)22-13-27-24-11-10-23(26)28-29(22)24/h4-13,15-16H,14H2,1-3H3,(H,30,31)/t16-/m0/s1. The van der Waals surface area contributed by atoms with Gasteiger partial charge in [0, 0.05) is 11.5 Å². The van der Waals surface area contributed by atoms with E-state index in [0.717, 1.165) is 16.7 Å². The van der Waals surface area contributed by atoms with Gasteiger partial charge in [0.2, 0.25) is 5.95 Å². The number of benzene rings is 2. The lowest BCUT2D eigenvalue weighted by Crippen LogP contribution is -2.12. The van der Waals surface area contributed by atoms with Crippen molar-refractivity contribution >= 4 is 11.6 Å². The van der Waals surface area contributed by atoms with Crippen molar-refractivity contribution in [1.29, 1.82) is 0 Å². The van der Waals surface area contributed by atoms with Crippen LogP contribution in [0, 0.1) is 5.95 Å². The number of carbonyl (C=O) groups is 1. The van der Waals surface area contributed by atoms with E-state index in [9.17, 15) is 14.3 Å². The van der Waals surface area contributed by atoms with Gasteiger partial charge in [-0.3, -0.25) is 0 Å². The number of carboxylic acid groups (broad SMARTS) is 1. The Morgan fingerprint density at radius 3 is 2.53 bits per heavy atom. The summed E-state index contributed by atoms with van der Waals surface area (Å²) in [4.78, 5) is 15.9. The maximum absolute atomic E-state index is 13.5. The lowest BCUT2D eigenvalue weighted by molar-refractivity contribution is 0.0695. The maximum atomic E-state index is 13.5. The largest absolute Gasteiger partial charge is 0.493 e. The van der Waals surface area contributed by atoms with Crippen LogP contribution >= 0.6 is 0 Å². The molecule has 4 rings (SSSR count). The molecule has 164 valence electrons. The molecule has 0 radical (unpaired) electrons. The van der Waals surface area contributed by atoms with Gasteiger partial charge in [0.05, 0.1) is 24.1 Å². The Labute approximate surface area is 185 Å². The van der Waals surface area contributed by atoms with Crippen molar-refractivity contribution in [2.24, 2.45) is 0 Å². The molecule has 0 fully saturated rings. The maximum Gasteiger partial charge on any atom is 0.335 e. The summed E-state index contributed by atoms with van der Waals surface area (Å²) in [7, 11) is 0. The quantitative estimate of drug-likeness (QED) is 0.414. The second kappa shape index (κ2) is 8.78. The molecule has 1 atom stereocenters. The van der Waals surface area contributed by atoms with E-state index in [2.05, 4.69) is 23.9 Å². The fraction of sp³-hybridized carbons (Fsp3) is 0.240. The Morgan fingerprint density at radius 2 is 1.84 bits per heavy atom. The number of halogens is 1. The van der Waals surface area contributed by atoms with Gasteiger partial charge in [0.25, 0.3) is 0 Å². The number of imidazole rings is 1. The minimum absolute atomic E-state index is 0.106. The highest BCUT2D eigenvalue weighted by atomic mass is 19.1. The number of ether oxygens (including phenoxy) is 1. The van der Waals surface area contributed by atoms with Crippen LogP contribution in [0.3, 0.4) is 0 Å². The number of aromatic nitrogens is 3. The van der Waals surface area contributed by atoms with Gasteiger partial charge in [-0.15, -0.1) is 5.10 Å². The van der Waals surface area contributed by atoms with E-state index in [-0.39, 0.29) is 5.92 Å². The minimum atomic E-state index is -0.940. The number of fused-ring (bicyclic) bond motifs is 1. The van der Waals surface area contributed by atoms with Crippen LogP contribution in [0.5, 0.6) is 5.75 Å². The van der Waals surface area contributed by atoms with E-state index in [1.165, 1.54) is 10.6 Å². The normalized spacial score (nSPS) is 12.3. The highest BCUT2D eigenvalue weighted by molar-refractivity contribution is 5.89. The molecule has 0 spiro atoms. The minimum Gasteiger partial charge on any atom is -0.493 e. The number of carboxylic acids is 1. The van der Waals surface area contributed by atoms with Crippen molar-refractivity contribution in [3.63, 3.8) is 0 Å². The molecule has 0 unspecified atom stereocenters. The summed E-state index contributed by atoms with van der Waals surface area (Å²) < 4.78 is 20.9. The predicted octanol–water partition coefficient (Wildman–Crippen LogP) is 5.54. The molecule has 2 heterocycles. The van der Waals surface area contributed by atoms with Gasteiger partial charge in [-0.05, 0) is 59.5 Å². The van der Waals surface area contributed by atoms with Gasteiger partial charge in [0.1, 0.15) is 5.75 Å². The van der Waals surface area contributed by atoms with Gasteiger partial charge in [-0.2, -0.15) is 4.39 Å². The van der Waals surface area contributed by atoms with E-state index in [1.54, 1.807) is 18.3 Å². The summed E-state index contributed by atoms with van der Waals surface area (Å²) in [6, 6.07) is 15.7. The van der Waals surface area contributed by atoms with Crippen LogP contribution in [0.2, 0.25) is 0 Å². The summed E-state index contributed by atoms with van der Waals surface area (Å²) in [5.41, 5.74) is 4.23. The van der Waals surface area contributed by atoms with Gasteiger partial charge in [0.15, 0.2) is 5.65 Å². The van der Waals surface area contributed by atoms with Crippen LogP contribution < -0.4 is 4.74 Å². The molecule has 1 N–H and O–H groups in total. The van der Waals surface area contributed by atoms with Crippen molar-refractivity contribution in [2.45, 2.75) is 32.6 Å². The molecule has 0 saturated heterocycles. The predicted molar refractivity (Wildman–Crippen MR) is 120 cm³/mol. The molecule has 0 amide bonds. The first-order valence-electron chi connectivity index (χ1n) is 10.4. The topological polar surface area (TPSA) is 76.7 Å². The summed E-state index contributed by atoms with van der Waals surface area (Å²) in [6.07, 6.45) is 1.65. The Balaban J connectivity index is 1.50. The fourth-order valence-electron chi connectivity index (χ4n) is 3.62. The Hall–Kier alpha value is -3.74. The van der Waals surface area contributed by atoms with Crippen molar-refractivity contribution < 1.29 is 19.0 Å². The second-order valence-electron chi connectivity index (χ2n) is 8.11. The number of hydrogen-bond donors (Lipinski definition) is 1. The molecule has 0 saturated carbocycles. The summed E-state index contributed by atoms with van der Waals surface area (Å²) in [5, 5.41) is 13.4. The zero-order valence-corrected chi connectivity index (χ0v) is 18.1. The zero-order valence-electron chi connectivity index (χ0n) is 18.1. The third-order valence-corrected chi connectivity index (χ3v) is 5.48. The Kier molecular flexibility index (Phi) is 5.90. The molecular formula is C25H24FN3O3.